The van der Waals surface area contributed by atoms with E-state index in [1.54, 1.807) is 0 Å². The Bertz CT molecular complexity index is 368. The van der Waals surface area contributed by atoms with Crippen LogP contribution in [-0.2, 0) is 13.0 Å². The Hall–Kier alpha value is -0.280. The number of halogens is 2. The first-order valence-corrected chi connectivity index (χ1v) is 6.32. The fraction of sp³-hybridized carbons (Fsp3) is 0.538. The van der Waals surface area contributed by atoms with Crippen molar-refractivity contribution in [3.05, 3.63) is 34.3 Å². The fourth-order valence-electron chi connectivity index (χ4n) is 2.34. The van der Waals surface area contributed by atoms with Crippen LogP contribution in [0.1, 0.15) is 24.5 Å². The van der Waals surface area contributed by atoms with E-state index in [4.69, 9.17) is 17.3 Å². The molecular formula is C13H20Cl2N2. The molecule has 4 heteroatoms. The number of nitrogens with two attached hydrogens (primary N) is 1. The molecule has 2 nitrogen and oxygen atoms in total. The van der Waals surface area contributed by atoms with Crippen molar-refractivity contribution in [3.63, 3.8) is 0 Å². The lowest BCUT2D eigenvalue weighted by atomic mass is 10.0. The minimum atomic E-state index is 0. The summed E-state index contributed by atoms with van der Waals surface area (Å²) in [5, 5.41) is 0.889. The number of benzene rings is 1. The van der Waals surface area contributed by atoms with Crippen molar-refractivity contribution in [3.8, 4) is 0 Å². The highest BCUT2D eigenvalue weighted by atomic mass is 35.5. The van der Waals surface area contributed by atoms with Crippen molar-refractivity contribution in [2.75, 3.05) is 13.1 Å². The Morgan fingerprint density at radius 2 is 2.24 bits per heavy atom. The van der Waals surface area contributed by atoms with Crippen LogP contribution in [0.2, 0.25) is 5.02 Å². The summed E-state index contributed by atoms with van der Waals surface area (Å²) in [6, 6.07) is 6.51. The van der Waals surface area contributed by atoms with Gasteiger partial charge in [-0.1, -0.05) is 30.7 Å². The van der Waals surface area contributed by atoms with Gasteiger partial charge < -0.3 is 5.73 Å². The first-order valence-electron chi connectivity index (χ1n) is 5.95. The molecule has 1 atom stereocenters. The van der Waals surface area contributed by atoms with Gasteiger partial charge in [0.15, 0.2) is 0 Å². The highest BCUT2D eigenvalue weighted by Gasteiger charge is 2.20. The van der Waals surface area contributed by atoms with Gasteiger partial charge in [0, 0.05) is 30.7 Å². The topological polar surface area (TPSA) is 29.3 Å². The molecule has 2 N–H and O–H groups in total. The van der Waals surface area contributed by atoms with Crippen LogP contribution in [-0.4, -0.2) is 24.0 Å². The van der Waals surface area contributed by atoms with Gasteiger partial charge in [-0.3, -0.25) is 4.90 Å². The lowest BCUT2D eigenvalue weighted by molar-refractivity contribution is 0.326. The van der Waals surface area contributed by atoms with Gasteiger partial charge in [0.2, 0.25) is 0 Å². The molecule has 1 aliphatic heterocycles. The summed E-state index contributed by atoms with van der Waals surface area (Å²) < 4.78 is 0. The molecule has 0 aromatic heterocycles. The maximum absolute atomic E-state index is 6.27. The molecule has 0 amide bonds. The standard InChI is InChI=1S/C13H19ClN2.ClH/c1-2-10-4-3-5-13(14)12(10)9-16-7-6-11(15)8-16;/h3-5,11H,2,6-9,15H2,1H3;1H/t11-;/m0./s1. The Balaban J connectivity index is 0.00000144. The zero-order valence-electron chi connectivity index (χ0n) is 10.2. The molecule has 17 heavy (non-hydrogen) atoms. The van der Waals surface area contributed by atoms with Crippen LogP contribution in [0.5, 0.6) is 0 Å². The molecule has 1 aromatic carbocycles. The largest absolute Gasteiger partial charge is 0.326 e. The lowest BCUT2D eigenvalue weighted by Gasteiger charge is -2.18. The van der Waals surface area contributed by atoms with Crippen LogP contribution in [0.25, 0.3) is 0 Å². The van der Waals surface area contributed by atoms with E-state index < -0.39 is 0 Å². The molecule has 0 unspecified atom stereocenters. The van der Waals surface area contributed by atoms with Crippen molar-refractivity contribution >= 4 is 24.0 Å². The number of rotatable bonds is 3. The Morgan fingerprint density at radius 3 is 2.82 bits per heavy atom. The first kappa shape index (κ1) is 14.8. The molecule has 0 bridgehead atoms. The predicted octanol–water partition coefficient (Wildman–Crippen LogP) is 2.86. The third kappa shape index (κ3) is 3.59. The van der Waals surface area contributed by atoms with Gasteiger partial charge in [0.05, 0.1) is 0 Å². The van der Waals surface area contributed by atoms with Crippen LogP contribution in [0.4, 0.5) is 0 Å². The second kappa shape index (κ2) is 6.60. The normalized spacial score (nSPS) is 20.3. The molecule has 0 saturated carbocycles. The van der Waals surface area contributed by atoms with E-state index >= 15 is 0 Å². The summed E-state index contributed by atoms with van der Waals surface area (Å²) in [6.07, 6.45) is 2.14. The van der Waals surface area contributed by atoms with E-state index in [1.807, 2.05) is 12.1 Å². The van der Waals surface area contributed by atoms with Gasteiger partial charge in [0.25, 0.3) is 0 Å². The zero-order chi connectivity index (χ0) is 11.5. The van der Waals surface area contributed by atoms with Gasteiger partial charge in [0.1, 0.15) is 0 Å². The fourth-order valence-corrected chi connectivity index (χ4v) is 2.60. The number of hydrogen-bond acceptors (Lipinski definition) is 2. The molecule has 1 heterocycles. The summed E-state index contributed by atoms with van der Waals surface area (Å²) >= 11 is 6.27. The van der Waals surface area contributed by atoms with E-state index in [1.165, 1.54) is 11.1 Å². The molecule has 1 saturated heterocycles. The highest BCUT2D eigenvalue weighted by Crippen LogP contribution is 2.23. The molecular weight excluding hydrogens is 255 g/mol. The van der Waals surface area contributed by atoms with Gasteiger partial charge in [-0.15, -0.1) is 12.4 Å². The summed E-state index contributed by atoms with van der Waals surface area (Å²) in [5.74, 6) is 0. The van der Waals surface area contributed by atoms with Crippen LogP contribution in [0.3, 0.4) is 0 Å². The third-order valence-corrected chi connectivity index (χ3v) is 3.64. The van der Waals surface area contributed by atoms with E-state index in [-0.39, 0.29) is 12.4 Å². The Morgan fingerprint density at radius 1 is 1.47 bits per heavy atom. The van der Waals surface area contributed by atoms with E-state index in [9.17, 15) is 0 Å². The van der Waals surface area contributed by atoms with Crippen molar-refractivity contribution in [2.24, 2.45) is 5.73 Å². The molecule has 96 valence electrons. The van der Waals surface area contributed by atoms with Crippen molar-refractivity contribution < 1.29 is 0 Å². The maximum atomic E-state index is 6.27. The second-order valence-electron chi connectivity index (χ2n) is 4.51. The number of nitrogens with zero attached hydrogens (tertiary/aromatic N) is 1. The molecule has 1 aliphatic rings. The van der Waals surface area contributed by atoms with E-state index in [0.717, 1.165) is 37.5 Å². The molecule has 1 fully saturated rings. The quantitative estimate of drug-likeness (QED) is 0.919. The van der Waals surface area contributed by atoms with Crippen molar-refractivity contribution in [2.45, 2.75) is 32.4 Å². The molecule has 0 radical (unpaired) electrons. The highest BCUT2D eigenvalue weighted by molar-refractivity contribution is 6.31. The third-order valence-electron chi connectivity index (χ3n) is 3.29. The molecule has 0 spiro atoms. The molecule has 0 aliphatic carbocycles. The zero-order valence-corrected chi connectivity index (χ0v) is 11.7. The summed E-state index contributed by atoms with van der Waals surface area (Å²) in [4.78, 5) is 2.39. The average molecular weight is 275 g/mol. The van der Waals surface area contributed by atoms with Crippen LogP contribution < -0.4 is 5.73 Å². The van der Waals surface area contributed by atoms with E-state index in [2.05, 4.69) is 17.9 Å². The van der Waals surface area contributed by atoms with E-state index in [0.29, 0.717) is 6.04 Å². The van der Waals surface area contributed by atoms with Gasteiger partial charge >= 0.3 is 0 Å². The van der Waals surface area contributed by atoms with Gasteiger partial charge in [-0.25, -0.2) is 0 Å². The van der Waals surface area contributed by atoms with Crippen LogP contribution >= 0.6 is 24.0 Å². The second-order valence-corrected chi connectivity index (χ2v) is 4.92. The summed E-state index contributed by atoms with van der Waals surface area (Å²) in [7, 11) is 0. The first-order chi connectivity index (χ1) is 7.70. The molecule has 1 aromatic rings. The molecule has 2 rings (SSSR count). The van der Waals surface area contributed by atoms with Crippen LogP contribution in [0.15, 0.2) is 18.2 Å². The lowest BCUT2D eigenvalue weighted by Crippen LogP contribution is -2.26. The predicted molar refractivity (Wildman–Crippen MR) is 75.9 cm³/mol. The minimum absolute atomic E-state index is 0. The van der Waals surface area contributed by atoms with Crippen molar-refractivity contribution in [1.82, 2.24) is 4.90 Å². The van der Waals surface area contributed by atoms with Gasteiger partial charge in [-0.05, 0) is 30.0 Å². The van der Waals surface area contributed by atoms with Crippen molar-refractivity contribution in [1.29, 1.82) is 0 Å². The SMILES string of the molecule is CCc1cccc(Cl)c1CN1CC[C@H](N)C1.Cl. The minimum Gasteiger partial charge on any atom is -0.326 e. The maximum Gasteiger partial charge on any atom is 0.0453 e. The number of aryl methyl sites for hydroxylation is 1. The smallest absolute Gasteiger partial charge is 0.0453 e. The Kier molecular flexibility index (Phi) is 5.74. The Labute approximate surface area is 115 Å². The monoisotopic (exact) mass is 274 g/mol. The van der Waals surface area contributed by atoms with Crippen LogP contribution in [0, 0.1) is 0 Å². The summed E-state index contributed by atoms with van der Waals surface area (Å²) in [6.45, 7) is 5.20. The van der Waals surface area contributed by atoms with Gasteiger partial charge in [-0.2, -0.15) is 0 Å². The number of likely N-dealkylation sites (tertiary alicyclic amines) is 1. The average Bonchev–Trinajstić information content (AvgIpc) is 2.67. The summed E-state index contributed by atoms with van der Waals surface area (Å²) in [5.41, 5.74) is 8.55. The number of hydrogen-bond donors (Lipinski definition) is 1.